The topological polar surface area (TPSA) is 0 Å². The Kier molecular flexibility index (Phi) is 3.95. The summed E-state index contributed by atoms with van der Waals surface area (Å²) in [5.41, 5.74) is 9.42. The molecule has 0 unspecified atom stereocenters. The van der Waals surface area contributed by atoms with Crippen molar-refractivity contribution < 1.29 is 0 Å². The van der Waals surface area contributed by atoms with Gasteiger partial charge in [-0.25, -0.2) is 0 Å². The van der Waals surface area contributed by atoms with E-state index in [1.165, 1.54) is 79.0 Å². The standard InChI is InChI=1S/C29H32/c1-19-14-15-24-25-13-7-8-21-16-20(2)18-27(28(21)25)29(26(24)17-19,22-9-3-4-10-22)23-11-5-6-12-23/h7-8,13-18,22-23H,3-6,9-12H2,1-2H3. The van der Waals surface area contributed by atoms with Gasteiger partial charge >= 0.3 is 0 Å². The smallest absolute Gasteiger partial charge is 0.0271 e. The Morgan fingerprint density at radius 3 is 2.00 bits per heavy atom. The maximum Gasteiger partial charge on any atom is 0.0271 e. The summed E-state index contributed by atoms with van der Waals surface area (Å²) >= 11 is 0. The highest BCUT2D eigenvalue weighted by Gasteiger charge is 2.52. The van der Waals surface area contributed by atoms with Gasteiger partial charge in [-0.1, -0.05) is 85.3 Å². The quantitative estimate of drug-likeness (QED) is 0.421. The molecule has 0 bridgehead atoms. The summed E-state index contributed by atoms with van der Waals surface area (Å²) < 4.78 is 0. The van der Waals surface area contributed by atoms with E-state index in [4.69, 9.17) is 0 Å². The largest absolute Gasteiger partial charge is 0.0610 e. The molecule has 0 heteroatoms. The van der Waals surface area contributed by atoms with Gasteiger partial charge in [-0.3, -0.25) is 0 Å². The third kappa shape index (κ3) is 2.38. The van der Waals surface area contributed by atoms with E-state index >= 15 is 0 Å². The van der Waals surface area contributed by atoms with Crippen LogP contribution in [0.1, 0.15) is 73.6 Å². The van der Waals surface area contributed by atoms with Crippen LogP contribution in [0.4, 0.5) is 0 Å². The molecule has 0 heterocycles. The van der Waals surface area contributed by atoms with Crippen molar-refractivity contribution in [2.45, 2.75) is 70.6 Å². The van der Waals surface area contributed by atoms with E-state index in [9.17, 15) is 0 Å². The Balaban J connectivity index is 1.80. The number of aryl methyl sites for hydroxylation is 2. The van der Waals surface area contributed by atoms with Gasteiger partial charge in [-0.05, 0) is 84.4 Å². The highest BCUT2D eigenvalue weighted by atomic mass is 14.6. The highest BCUT2D eigenvalue weighted by Crippen LogP contribution is 2.61. The normalized spacial score (nSPS) is 21.0. The molecule has 0 aromatic heterocycles. The molecule has 29 heavy (non-hydrogen) atoms. The van der Waals surface area contributed by atoms with Gasteiger partial charge < -0.3 is 0 Å². The van der Waals surface area contributed by atoms with Crippen LogP contribution in [0.3, 0.4) is 0 Å². The van der Waals surface area contributed by atoms with Crippen molar-refractivity contribution >= 4 is 10.8 Å². The number of fused-ring (bicyclic) bond motifs is 2. The zero-order valence-corrected chi connectivity index (χ0v) is 17.9. The van der Waals surface area contributed by atoms with Crippen LogP contribution in [-0.2, 0) is 5.41 Å². The molecule has 0 saturated heterocycles. The molecule has 0 aliphatic heterocycles. The molecule has 2 saturated carbocycles. The number of rotatable bonds is 2. The highest BCUT2D eigenvalue weighted by molar-refractivity contribution is 6.03. The van der Waals surface area contributed by atoms with Crippen LogP contribution in [-0.4, -0.2) is 0 Å². The van der Waals surface area contributed by atoms with Gasteiger partial charge in [-0.2, -0.15) is 0 Å². The summed E-state index contributed by atoms with van der Waals surface area (Å²) in [4.78, 5) is 0. The SMILES string of the molecule is Cc1ccc2c(c1)C(C1CCCC1)(C1CCCC1)c1cc(C)cc3cccc-2c13. The molecule has 0 nitrogen and oxygen atoms in total. The minimum atomic E-state index is 0.215. The van der Waals surface area contributed by atoms with E-state index in [1.807, 2.05) is 0 Å². The molecular weight excluding hydrogens is 348 g/mol. The van der Waals surface area contributed by atoms with Gasteiger partial charge in [0.25, 0.3) is 0 Å². The van der Waals surface area contributed by atoms with Gasteiger partial charge in [-0.15, -0.1) is 0 Å². The second-order valence-electron chi connectivity index (χ2n) is 10.1. The van der Waals surface area contributed by atoms with Gasteiger partial charge in [0, 0.05) is 5.41 Å². The molecule has 0 N–H and O–H groups in total. The summed E-state index contributed by atoms with van der Waals surface area (Å²) in [6.07, 6.45) is 11.3. The molecule has 148 valence electrons. The van der Waals surface area contributed by atoms with Crippen molar-refractivity contribution in [1.29, 1.82) is 0 Å². The fourth-order valence-corrected chi connectivity index (χ4v) is 7.48. The lowest BCUT2D eigenvalue weighted by Gasteiger charge is -2.49. The zero-order valence-electron chi connectivity index (χ0n) is 17.9. The van der Waals surface area contributed by atoms with Gasteiger partial charge in [0.2, 0.25) is 0 Å². The summed E-state index contributed by atoms with van der Waals surface area (Å²) in [7, 11) is 0. The van der Waals surface area contributed by atoms with Crippen molar-refractivity contribution in [3.8, 4) is 11.1 Å². The molecule has 0 atom stereocenters. The summed E-state index contributed by atoms with van der Waals surface area (Å²) in [6, 6.07) is 19.4. The second kappa shape index (κ2) is 6.46. The van der Waals surface area contributed by atoms with E-state index in [0.717, 1.165) is 11.8 Å². The number of hydrogen-bond donors (Lipinski definition) is 0. The molecule has 3 aliphatic rings. The van der Waals surface area contributed by atoms with Gasteiger partial charge in [0.05, 0.1) is 0 Å². The van der Waals surface area contributed by atoms with Crippen molar-refractivity contribution in [1.82, 2.24) is 0 Å². The molecule has 0 radical (unpaired) electrons. The lowest BCUT2D eigenvalue weighted by Crippen LogP contribution is -2.44. The molecule has 3 aromatic carbocycles. The Bertz CT molecular complexity index is 1070. The van der Waals surface area contributed by atoms with E-state index < -0.39 is 0 Å². The first-order valence-corrected chi connectivity index (χ1v) is 11.8. The van der Waals surface area contributed by atoms with Crippen molar-refractivity contribution in [3.63, 3.8) is 0 Å². The Morgan fingerprint density at radius 1 is 0.655 bits per heavy atom. The summed E-state index contributed by atoms with van der Waals surface area (Å²) in [5.74, 6) is 1.59. The molecule has 0 amide bonds. The third-order valence-electron chi connectivity index (χ3n) is 8.48. The molecule has 6 rings (SSSR count). The van der Waals surface area contributed by atoms with Crippen LogP contribution >= 0.6 is 0 Å². The molecule has 3 aliphatic carbocycles. The van der Waals surface area contributed by atoms with Crippen molar-refractivity contribution in [3.05, 3.63) is 70.8 Å². The van der Waals surface area contributed by atoms with E-state index in [2.05, 4.69) is 62.4 Å². The van der Waals surface area contributed by atoms with Crippen LogP contribution < -0.4 is 0 Å². The minimum absolute atomic E-state index is 0.215. The fourth-order valence-electron chi connectivity index (χ4n) is 7.48. The molecule has 3 aromatic rings. The Hall–Kier alpha value is -2.08. The lowest BCUT2D eigenvalue weighted by molar-refractivity contribution is 0.218. The van der Waals surface area contributed by atoms with E-state index in [-0.39, 0.29) is 5.41 Å². The fraction of sp³-hybridized carbons (Fsp3) is 0.448. The minimum Gasteiger partial charge on any atom is -0.0610 e. The number of hydrogen-bond acceptors (Lipinski definition) is 0. The van der Waals surface area contributed by atoms with Crippen LogP contribution in [0.5, 0.6) is 0 Å². The average molecular weight is 381 g/mol. The Labute approximate surface area is 175 Å². The lowest BCUT2D eigenvalue weighted by atomic mass is 9.53. The predicted molar refractivity (Wildman–Crippen MR) is 124 cm³/mol. The van der Waals surface area contributed by atoms with Crippen LogP contribution in [0.2, 0.25) is 0 Å². The summed E-state index contributed by atoms with van der Waals surface area (Å²) in [5, 5.41) is 3.01. The van der Waals surface area contributed by atoms with Crippen LogP contribution in [0.25, 0.3) is 21.9 Å². The van der Waals surface area contributed by atoms with E-state index in [1.54, 1.807) is 16.5 Å². The van der Waals surface area contributed by atoms with Crippen molar-refractivity contribution in [2.75, 3.05) is 0 Å². The maximum absolute atomic E-state index is 2.59. The first kappa shape index (κ1) is 17.8. The number of benzene rings is 3. The monoisotopic (exact) mass is 380 g/mol. The average Bonchev–Trinajstić information content (AvgIpc) is 3.43. The van der Waals surface area contributed by atoms with Crippen molar-refractivity contribution in [2.24, 2.45) is 11.8 Å². The molecule has 0 spiro atoms. The second-order valence-corrected chi connectivity index (χ2v) is 10.1. The first-order valence-electron chi connectivity index (χ1n) is 11.8. The predicted octanol–water partition coefficient (Wildman–Crippen LogP) is 8.10. The van der Waals surface area contributed by atoms with Crippen LogP contribution in [0, 0.1) is 25.7 Å². The summed E-state index contributed by atoms with van der Waals surface area (Å²) in [6.45, 7) is 4.60. The van der Waals surface area contributed by atoms with Gasteiger partial charge in [0.15, 0.2) is 0 Å². The maximum atomic E-state index is 2.59. The first-order chi connectivity index (χ1) is 14.2. The van der Waals surface area contributed by atoms with Gasteiger partial charge in [0.1, 0.15) is 0 Å². The molecule has 2 fully saturated rings. The molecular formula is C29H32. The zero-order chi connectivity index (χ0) is 19.6. The van der Waals surface area contributed by atoms with E-state index in [0.29, 0.717) is 0 Å². The van der Waals surface area contributed by atoms with Crippen LogP contribution in [0.15, 0.2) is 48.5 Å². The third-order valence-corrected chi connectivity index (χ3v) is 8.48. The Morgan fingerprint density at radius 2 is 1.31 bits per heavy atom.